The van der Waals surface area contributed by atoms with Gasteiger partial charge < -0.3 is 15.0 Å². The number of aliphatic imine (C=N–C) groups is 1. The molecule has 23 heavy (non-hydrogen) atoms. The zero-order chi connectivity index (χ0) is 16.5. The van der Waals surface area contributed by atoms with Crippen molar-refractivity contribution in [3.05, 3.63) is 58.8 Å². The van der Waals surface area contributed by atoms with Crippen molar-refractivity contribution in [3.63, 3.8) is 0 Å². The molecule has 5 nitrogen and oxygen atoms in total. The first-order valence-corrected chi connectivity index (χ1v) is 8.17. The number of rotatable bonds is 6. The summed E-state index contributed by atoms with van der Waals surface area (Å²) in [4.78, 5) is 10.4. The highest BCUT2D eigenvalue weighted by Gasteiger charge is 2.06. The van der Waals surface area contributed by atoms with Crippen LogP contribution in [0.1, 0.15) is 5.56 Å². The van der Waals surface area contributed by atoms with Crippen LogP contribution >= 0.6 is 15.9 Å². The summed E-state index contributed by atoms with van der Waals surface area (Å²) in [5, 5.41) is 3.29. The number of benzene rings is 1. The van der Waals surface area contributed by atoms with Crippen molar-refractivity contribution in [2.45, 2.75) is 6.54 Å². The molecule has 1 N–H and O–H groups in total. The predicted molar refractivity (Wildman–Crippen MR) is 96.7 cm³/mol. The van der Waals surface area contributed by atoms with Gasteiger partial charge in [-0.05, 0) is 29.8 Å². The molecule has 1 heterocycles. The molecular formula is C17H21BrN4O. The average molecular weight is 377 g/mol. The fourth-order valence-corrected chi connectivity index (χ4v) is 2.35. The number of ether oxygens (including phenoxy) is 1. The summed E-state index contributed by atoms with van der Waals surface area (Å²) < 4.78 is 6.69. The van der Waals surface area contributed by atoms with Gasteiger partial charge in [-0.25, -0.2) is 0 Å². The third kappa shape index (κ3) is 5.90. The lowest BCUT2D eigenvalue weighted by Crippen LogP contribution is -2.40. The maximum Gasteiger partial charge on any atom is 0.193 e. The Balaban J connectivity index is 1.76. The van der Waals surface area contributed by atoms with Crippen molar-refractivity contribution in [2.75, 3.05) is 27.2 Å². The first kappa shape index (κ1) is 17.3. The lowest BCUT2D eigenvalue weighted by Gasteiger charge is -2.22. The monoisotopic (exact) mass is 376 g/mol. The van der Waals surface area contributed by atoms with Gasteiger partial charge in [0.05, 0.1) is 12.7 Å². The minimum atomic E-state index is 0.552. The van der Waals surface area contributed by atoms with E-state index in [9.17, 15) is 0 Å². The second-order valence-corrected chi connectivity index (χ2v) is 5.91. The first-order chi connectivity index (χ1) is 11.2. The van der Waals surface area contributed by atoms with Crippen LogP contribution in [0.15, 0.2) is 58.3 Å². The Labute approximate surface area is 145 Å². The zero-order valence-electron chi connectivity index (χ0n) is 13.4. The summed E-state index contributed by atoms with van der Waals surface area (Å²) >= 11 is 3.45. The van der Waals surface area contributed by atoms with Crippen LogP contribution in [0.2, 0.25) is 0 Å². The van der Waals surface area contributed by atoms with E-state index in [1.807, 2.05) is 31.3 Å². The van der Waals surface area contributed by atoms with Crippen molar-refractivity contribution in [2.24, 2.45) is 4.99 Å². The van der Waals surface area contributed by atoms with Gasteiger partial charge >= 0.3 is 0 Å². The van der Waals surface area contributed by atoms with Gasteiger partial charge in [-0.15, -0.1) is 0 Å². The number of aromatic nitrogens is 1. The van der Waals surface area contributed by atoms with Crippen molar-refractivity contribution >= 4 is 21.9 Å². The second-order valence-electron chi connectivity index (χ2n) is 4.99. The highest BCUT2D eigenvalue weighted by molar-refractivity contribution is 9.10. The summed E-state index contributed by atoms with van der Waals surface area (Å²) in [5.41, 5.74) is 1.23. The van der Waals surface area contributed by atoms with E-state index in [2.05, 4.69) is 48.3 Å². The number of nitrogens with zero attached hydrogens (tertiary/aromatic N) is 3. The molecule has 0 saturated carbocycles. The molecule has 2 aromatic rings. The predicted octanol–water partition coefficient (Wildman–Crippen LogP) is 2.93. The number of pyridine rings is 1. The molecule has 122 valence electrons. The van der Waals surface area contributed by atoms with E-state index in [0.717, 1.165) is 22.7 Å². The minimum Gasteiger partial charge on any atom is -0.490 e. The van der Waals surface area contributed by atoms with Crippen molar-refractivity contribution in [1.29, 1.82) is 0 Å². The Kier molecular flexibility index (Phi) is 6.87. The van der Waals surface area contributed by atoms with Crippen LogP contribution in [0.5, 0.6) is 5.75 Å². The standard InChI is InChI=1S/C17H21BrN4O/c1-19-17(21-10-11-23-16-4-3-9-20-12-16)22(2)13-14-5-7-15(18)8-6-14/h3-9,12H,10-11,13H2,1-2H3,(H,19,21). The average Bonchev–Trinajstić information content (AvgIpc) is 2.58. The normalized spacial score (nSPS) is 11.2. The summed E-state index contributed by atoms with van der Waals surface area (Å²) in [6.07, 6.45) is 3.43. The minimum absolute atomic E-state index is 0.552. The molecule has 0 saturated heterocycles. The van der Waals surface area contributed by atoms with Gasteiger partial charge in [0.25, 0.3) is 0 Å². The summed E-state index contributed by atoms with van der Waals surface area (Å²) in [6.45, 7) is 2.01. The van der Waals surface area contributed by atoms with Gasteiger partial charge in [0, 0.05) is 31.3 Å². The van der Waals surface area contributed by atoms with Gasteiger partial charge in [0.1, 0.15) is 12.4 Å². The number of guanidine groups is 1. The van der Waals surface area contributed by atoms with Crippen LogP contribution in [0.25, 0.3) is 0 Å². The van der Waals surface area contributed by atoms with Crippen LogP contribution < -0.4 is 10.1 Å². The van der Waals surface area contributed by atoms with E-state index in [4.69, 9.17) is 4.74 Å². The maximum absolute atomic E-state index is 5.61. The maximum atomic E-state index is 5.61. The van der Waals surface area contributed by atoms with Crippen molar-refractivity contribution in [3.8, 4) is 5.75 Å². The van der Waals surface area contributed by atoms with Crippen LogP contribution in [0.4, 0.5) is 0 Å². The molecule has 1 aromatic heterocycles. The molecule has 1 aromatic carbocycles. The molecule has 0 unspecified atom stereocenters. The van der Waals surface area contributed by atoms with Gasteiger partial charge in [-0.1, -0.05) is 28.1 Å². The third-order valence-electron chi connectivity index (χ3n) is 3.19. The van der Waals surface area contributed by atoms with Crippen LogP contribution in [0, 0.1) is 0 Å². The molecule has 0 aliphatic rings. The van der Waals surface area contributed by atoms with E-state index in [-0.39, 0.29) is 0 Å². The number of halogens is 1. The Hall–Kier alpha value is -2.08. The highest BCUT2D eigenvalue weighted by atomic mass is 79.9. The summed E-state index contributed by atoms with van der Waals surface area (Å²) in [5.74, 6) is 1.61. The van der Waals surface area contributed by atoms with E-state index in [1.165, 1.54) is 5.56 Å². The lowest BCUT2D eigenvalue weighted by atomic mass is 10.2. The molecule has 0 atom stereocenters. The quantitative estimate of drug-likeness (QED) is 0.478. The molecule has 0 radical (unpaired) electrons. The Morgan fingerprint density at radius 3 is 2.74 bits per heavy atom. The fraction of sp³-hybridized carbons (Fsp3) is 0.294. The fourth-order valence-electron chi connectivity index (χ4n) is 2.09. The third-order valence-corrected chi connectivity index (χ3v) is 3.72. The molecule has 6 heteroatoms. The molecule has 0 aliphatic heterocycles. The molecule has 0 aliphatic carbocycles. The van der Waals surface area contributed by atoms with Crippen molar-refractivity contribution in [1.82, 2.24) is 15.2 Å². The van der Waals surface area contributed by atoms with Crippen molar-refractivity contribution < 1.29 is 4.74 Å². The first-order valence-electron chi connectivity index (χ1n) is 7.38. The topological polar surface area (TPSA) is 49.8 Å². The van der Waals surface area contributed by atoms with Crippen LogP contribution in [0.3, 0.4) is 0 Å². The highest BCUT2D eigenvalue weighted by Crippen LogP contribution is 2.11. The van der Waals surface area contributed by atoms with E-state index >= 15 is 0 Å². The van der Waals surface area contributed by atoms with Gasteiger partial charge in [0.2, 0.25) is 0 Å². The molecule has 2 rings (SSSR count). The summed E-state index contributed by atoms with van der Waals surface area (Å²) in [7, 11) is 3.79. The van der Waals surface area contributed by atoms with Crippen LogP contribution in [-0.2, 0) is 6.54 Å². The number of hydrogen-bond donors (Lipinski definition) is 1. The van der Waals surface area contributed by atoms with E-state index in [0.29, 0.717) is 13.2 Å². The van der Waals surface area contributed by atoms with Gasteiger partial charge in [-0.3, -0.25) is 9.98 Å². The largest absolute Gasteiger partial charge is 0.490 e. The molecule has 0 fully saturated rings. The lowest BCUT2D eigenvalue weighted by molar-refractivity contribution is 0.318. The Morgan fingerprint density at radius 2 is 2.09 bits per heavy atom. The molecular weight excluding hydrogens is 356 g/mol. The Morgan fingerprint density at radius 1 is 1.30 bits per heavy atom. The molecule has 0 amide bonds. The number of hydrogen-bond acceptors (Lipinski definition) is 3. The smallest absolute Gasteiger partial charge is 0.193 e. The number of nitrogens with one attached hydrogen (secondary N) is 1. The van der Waals surface area contributed by atoms with Gasteiger partial charge in [-0.2, -0.15) is 0 Å². The zero-order valence-corrected chi connectivity index (χ0v) is 15.0. The summed E-state index contributed by atoms with van der Waals surface area (Å²) in [6, 6.07) is 12.0. The molecule has 0 bridgehead atoms. The molecule has 0 spiro atoms. The van der Waals surface area contributed by atoms with Gasteiger partial charge in [0.15, 0.2) is 5.96 Å². The van der Waals surface area contributed by atoms with E-state index < -0.39 is 0 Å². The SMILES string of the molecule is CN=C(NCCOc1cccnc1)N(C)Cc1ccc(Br)cc1. The van der Waals surface area contributed by atoms with E-state index in [1.54, 1.807) is 19.4 Å². The Bertz CT molecular complexity index is 616. The van der Waals surface area contributed by atoms with Crippen LogP contribution in [-0.4, -0.2) is 43.1 Å². The second kappa shape index (κ2) is 9.15.